The van der Waals surface area contributed by atoms with Gasteiger partial charge < -0.3 is 10.2 Å². The number of carbonyl (C=O) groups excluding carboxylic acids is 1. The number of nitrogens with zero attached hydrogens (tertiary/aromatic N) is 5. The van der Waals surface area contributed by atoms with Crippen LogP contribution < -0.4 is 5.32 Å². The van der Waals surface area contributed by atoms with Crippen molar-refractivity contribution in [2.24, 2.45) is 0 Å². The van der Waals surface area contributed by atoms with Crippen molar-refractivity contribution in [1.82, 2.24) is 24.8 Å². The van der Waals surface area contributed by atoms with Gasteiger partial charge in [-0.15, -0.1) is 0 Å². The summed E-state index contributed by atoms with van der Waals surface area (Å²) in [6.45, 7) is 2.33. The molecule has 1 saturated heterocycles. The van der Waals surface area contributed by atoms with Crippen molar-refractivity contribution in [2.75, 3.05) is 18.4 Å². The topological polar surface area (TPSA) is 83.9 Å². The van der Waals surface area contributed by atoms with Crippen LogP contribution in [-0.2, 0) is 17.8 Å². The molecule has 3 aromatic rings. The molecule has 3 heterocycles. The molecular weight excluding hydrogens is 328 g/mol. The van der Waals surface area contributed by atoms with Gasteiger partial charge in [0.1, 0.15) is 11.8 Å². The molecule has 0 aliphatic carbocycles. The maximum absolute atomic E-state index is 11.7. The first-order chi connectivity index (χ1) is 12.8. The minimum Gasteiger partial charge on any atom is -0.368 e. The monoisotopic (exact) mass is 348 g/mol. The standard InChI is InChI=1S/C19H20N6O/c26-16-2-1-11-25(16)12-15-5-3-14(4-6-15)7-8-21-18-17-19(24-13-23-18)22-10-9-20-17/h3-6,9-10,13H,1-2,7-8,11-12H2,(H,21,22,23,24). The summed E-state index contributed by atoms with van der Waals surface area (Å²) >= 11 is 0. The van der Waals surface area contributed by atoms with Crippen molar-refractivity contribution in [2.45, 2.75) is 25.8 Å². The fourth-order valence-electron chi connectivity index (χ4n) is 3.15. The zero-order chi connectivity index (χ0) is 17.8. The lowest BCUT2D eigenvalue weighted by molar-refractivity contribution is -0.128. The van der Waals surface area contributed by atoms with Crippen LogP contribution in [0.1, 0.15) is 24.0 Å². The van der Waals surface area contributed by atoms with Crippen molar-refractivity contribution in [3.8, 4) is 0 Å². The average Bonchev–Trinajstić information content (AvgIpc) is 3.08. The minimum atomic E-state index is 0.262. The second kappa shape index (κ2) is 7.43. The van der Waals surface area contributed by atoms with Gasteiger partial charge in [0, 0.05) is 38.4 Å². The van der Waals surface area contributed by atoms with E-state index in [4.69, 9.17) is 0 Å². The molecule has 26 heavy (non-hydrogen) atoms. The quantitative estimate of drug-likeness (QED) is 0.735. The van der Waals surface area contributed by atoms with Crippen LogP contribution in [0, 0.1) is 0 Å². The van der Waals surface area contributed by atoms with E-state index in [1.807, 2.05) is 4.90 Å². The summed E-state index contributed by atoms with van der Waals surface area (Å²) in [5.41, 5.74) is 3.68. The smallest absolute Gasteiger partial charge is 0.222 e. The van der Waals surface area contributed by atoms with Crippen LogP contribution >= 0.6 is 0 Å². The Morgan fingerprint density at radius 2 is 1.81 bits per heavy atom. The lowest BCUT2D eigenvalue weighted by Crippen LogP contribution is -2.23. The summed E-state index contributed by atoms with van der Waals surface area (Å²) in [4.78, 5) is 30.5. The third kappa shape index (κ3) is 3.61. The number of carbonyl (C=O) groups is 1. The number of amides is 1. The Labute approximate surface area is 151 Å². The number of likely N-dealkylation sites (tertiary alicyclic amines) is 1. The van der Waals surface area contributed by atoms with E-state index in [9.17, 15) is 4.79 Å². The zero-order valence-corrected chi connectivity index (χ0v) is 14.4. The molecule has 0 atom stereocenters. The summed E-state index contributed by atoms with van der Waals surface area (Å²) in [6.07, 6.45) is 7.29. The SMILES string of the molecule is O=C1CCCN1Cc1ccc(CCNc2ncnc3nccnc23)cc1. The van der Waals surface area contributed by atoms with Gasteiger partial charge in [-0.05, 0) is 24.0 Å². The van der Waals surface area contributed by atoms with Gasteiger partial charge >= 0.3 is 0 Å². The van der Waals surface area contributed by atoms with E-state index >= 15 is 0 Å². The highest BCUT2D eigenvalue weighted by molar-refractivity contribution is 5.81. The molecule has 0 spiro atoms. The Balaban J connectivity index is 1.34. The molecule has 1 aliphatic rings. The van der Waals surface area contributed by atoms with E-state index in [1.54, 1.807) is 12.4 Å². The van der Waals surface area contributed by atoms with Crippen molar-refractivity contribution in [3.05, 3.63) is 54.1 Å². The van der Waals surface area contributed by atoms with E-state index in [0.29, 0.717) is 29.9 Å². The van der Waals surface area contributed by atoms with Crippen LogP contribution in [0.25, 0.3) is 11.2 Å². The van der Waals surface area contributed by atoms with Gasteiger partial charge in [-0.2, -0.15) is 0 Å². The van der Waals surface area contributed by atoms with Gasteiger partial charge in [-0.3, -0.25) is 4.79 Å². The second-order valence-corrected chi connectivity index (χ2v) is 6.36. The molecular formula is C19H20N6O. The largest absolute Gasteiger partial charge is 0.368 e. The van der Waals surface area contributed by atoms with Gasteiger partial charge in [0.2, 0.25) is 5.91 Å². The van der Waals surface area contributed by atoms with E-state index < -0.39 is 0 Å². The number of anilines is 1. The molecule has 7 nitrogen and oxygen atoms in total. The van der Waals surface area contributed by atoms with E-state index in [1.165, 1.54) is 17.5 Å². The number of nitrogens with one attached hydrogen (secondary N) is 1. The average molecular weight is 348 g/mol. The van der Waals surface area contributed by atoms with Crippen molar-refractivity contribution < 1.29 is 4.79 Å². The van der Waals surface area contributed by atoms with Crippen LogP contribution in [0.15, 0.2) is 43.0 Å². The number of fused-ring (bicyclic) bond motifs is 1. The fraction of sp³-hybridized carbons (Fsp3) is 0.316. The molecule has 0 saturated carbocycles. The first-order valence-corrected chi connectivity index (χ1v) is 8.81. The minimum absolute atomic E-state index is 0.262. The van der Waals surface area contributed by atoms with E-state index in [0.717, 1.165) is 25.9 Å². The number of rotatable bonds is 6. The van der Waals surface area contributed by atoms with E-state index in [-0.39, 0.29) is 5.91 Å². The van der Waals surface area contributed by atoms with Crippen LogP contribution in [0.3, 0.4) is 0 Å². The highest BCUT2D eigenvalue weighted by Gasteiger charge is 2.19. The Morgan fingerprint density at radius 3 is 2.62 bits per heavy atom. The van der Waals surface area contributed by atoms with Gasteiger partial charge in [0.05, 0.1) is 0 Å². The predicted molar refractivity (Wildman–Crippen MR) is 98.4 cm³/mol. The molecule has 0 bridgehead atoms. The molecule has 1 aliphatic heterocycles. The lowest BCUT2D eigenvalue weighted by atomic mass is 10.1. The Kier molecular flexibility index (Phi) is 4.68. The number of aromatic nitrogens is 4. The van der Waals surface area contributed by atoms with Crippen molar-refractivity contribution in [3.63, 3.8) is 0 Å². The summed E-state index contributed by atoms with van der Waals surface area (Å²) in [6, 6.07) is 8.45. The molecule has 4 rings (SSSR count). The molecule has 132 valence electrons. The molecule has 0 radical (unpaired) electrons. The third-order valence-electron chi connectivity index (χ3n) is 4.54. The fourth-order valence-corrected chi connectivity index (χ4v) is 3.15. The summed E-state index contributed by atoms with van der Waals surface area (Å²) in [5.74, 6) is 0.964. The second-order valence-electron chi connectivity index (χ2n) is 6.36. The molecule has 1 aromatic carbocycles. The van der Waals surface area contributed by atoms with Crippen molar-refractivity contribution in [1.29, 1.82) is 0 Å². The molecule has 1 amide bonds. The predicted octanol–water partition coefficient (Wildman–Crippen LogP) is 2.20. The van der Waals surface area contributed by atoms with Crippen LogP contribution in [0.4, 0.5) is 5.82 Å². The first-order valence-electron chi connectivity index (χ1n) is 8.81. The highest BCUT2D eigenvalue weighted by atomic mass is 16.2. The number of hydrogen-bond donors (Lipinski definition) is 1. The van der Waals surface area contributed by atoms with Gasteiger partial charge in [0.15, 0.2) is 11.5 Å². The summed E-state index contributed by atoms with van der Waals surface area (Å²) in [7, 11) is 0. The van der Waals surface area contributed by atoms with E-state index in [2.05, 4.69) is 49.5 Å². The maximum Gasteiger partial charge on any atom is 0.222 e. The molecule has 2 aromatic heterocycles. The van der Waals surface area contributed by atoms with Crippen molar-refractivity contribution >= 4 is 22.9 Å². The lowest BCUT2D eigenvalue weighted by Gasteiger charge is -2.15. The number of hydrogen-bond acceptors (Lipinski definition) is 6. The van der Waals surface area contributed by atoms with Gasteiger partial charge in [-0.1, -0.05) is 24.3 Å². The number of benzene rings is 1. The summed E-state index contributed by atoms with van der Waals surface area (Å²) in [5, 5.41) is 3.31. The molecule has 7 heteroatoms. The Morgan fingerprint density at radius 1 is 1.00 bits per heavy atom. The van der Waals surface area contributed by atoms with Gasteiger partial charge in [-0.25, -0.2) is 19.9 Å². The first kappa shape index (κ1) is 16.4. The Bertz CT molecular complexity index is 906. The van der Waals surface area contributed by atoms with Crippen LogP contribution in [0.2, 0.25) is 0 Å². The highest BCUT2D eigenvalue weighted by Crippen LogP contribution is 2.16. The third-order valence-corrected chi connectivity index (χ3v) is 4.54. The van der Waals surface area contributed by atoms with Crippen LogP contribution in [-0.4, -0.2) is 43.8 Å². The Hall–Kier alpha value is -3.09. The zero-order valence-electron chi connectivity index (χ0n) is 14.4. The molecule has 0 unspecified atom stereocenters. The van der Waals surface area contributed by atoms with Crippen LogP contribution in [0.5, 0.6) is 0 Å². The summed E-state index contributed by atoms with van der Waals surface area (Å²) < 4.78 is 0. The normalized spacial score (nSPS) is 14.2. The van der Waals surface area contributed by atoms with Gasteiger partial charge in [0.25, 0.3) is 0 Å². The molecule has 1 N–H and O–H groups in total. The molecule has 1 fully saturated rings. The maximum atomic E-state index is 11.7.